The molecule has 0 aromatic heterocycles. The fourth-order valence-electron chi connectivity index (χ4n) is 5.09. The Kier molecular flexibility index (Phi) is 12.9. The third-order valence-electron chi connectivity index (χ3n) is 8.00. The summed E-state index contributed by atoms with van der Waals surface area (Å²) in [5.74, 6) is -1.33. The van der Waals surface area contributed by atoms with Gasteiger partial charge in [-0.05, 0) is 67.4 Å². The Hall–Kier alpha value is -4.32. The Morgan fingerprint density at radius 1 is 0.878 bits per heavy atom. The van der Waals surface area contributed by atoms with Crippen LogP contribution in [0.4, 0.5) is 10.1 Å². The molecule has 4 aromatic carbocycles. The number of benzene rings is 4. The molecule has 0 bridgehead atoms. The molecule has 1 N–H and O–H groups in total. The molecule has 0 aliphatic heterocycles. The number of rotatable bonds is 15. The second kappa shape index (κ2) is 16.9. The van der Waals surface area contributed by atoms with Gasteiger partial charge in [0.15, 0.2) is 11.5 Å². The van der Waals surface area contributed by atoms with E-state index in [1.54, 1.807) is 18.2 Å². The summed E-state index contributed by atoms with van der Waals surface area (Å²) in [6, 6.07) is 21.4. The van der Waals surface area contributed by atoms with E-state index in [2.05, 4.69) is 5.32 Å². The molecule has 49 heavy (non-hydrogen) atoms. The van der Waals surface area contributed by atoms with Crippen LogP contribution in [0, 0.1) is 5.82 Å². The number of nitrogens with one attached hydrogen (secondary N) is 1. The van der Waals surface area contributed by atoms with E-state index in [-0.39, 0.29) is 45.4 Å². The molecule has 4 rings (SSSR count). The molecule has 2 amide bonds. The number of amides is 2. The van der Waals surface area contributed by atoms with E-state index in [0.29, 0.717) is 17.7 Å². The summed E-state index contributed by atoms with van der Waals surface area (Å²) in [6.45, 7) is 2.80. The number of carbonyl (C=O) groups is 2. The van der Waals surface area contributed by atoms with E-state index >= 15 is 0 Å². The number of sulfonamides is 1. The van der Waals surface area contributed by atoms with Crippen LogP contribution in [0.3, 0.4) is 0 Å². The van der Waals surface area contributed by atoms with Gasteiger partial charge < -0.3 is 19.7 Å². The number of methoxy groups -OCH3 is 2. The number of hydrogen-bond donors (Lipinski definition) is 1. The second-order valence-corrected chi connectivity index (χ2v) is 13.9. The molecule has 0 saturated heterocycles. The monoisotopic (exact) mass is 729 g/mol. The summed E-state index contributed by atoms with van der Waals surface area (Å²) in [5, 5.41) is 3.50. The lowest BCUT2D eigenvalue weighted by Gasteiger charge is -2.34. The van der Waals surface area contributed by atoms with Crippen LogP contribution in [0.25, 0.3) is 0 Å². The zero-order chi connectivity index (χ0) is 35.7. The predicted molar refractivity (Wildman–Crippen MR) is 189 cm³/mol. The van der Waals surface area contributed by atoms with Crippen molar-refractivity contribution >= 4 is 50.7 Å². The smallest absolute Gasteiger partial charge is 0.264 e. The maximum Gasteiger partial charge on any atom is 0.264 e. The van der Waals surface area contributed by atoms with Crippen LogP contribution in [0.1, 0.15) is 31.4 Å². The van der Waals surface area contributed by atoms with Crippen LogP contribution in [0.5, 0.6) is 11.5 Å². The van der Waals surface area contributed by atoms with Crippen molar-refractivity contribution in [2.45, 2.75) is 50.2 Å². The summed E-state index contributed by atoms with van der Waals surface area (Å²) >= 11 is 13.1. The highest BCUT2D eigenvalue weighted by Crippen LogP contribution is 2.33. The first-order chi connectivity index (χ1) is 23.4. The van der Waals surface area contributed by atoms with E-state index in [9.17, 15) is 22.4 Å². The minimum atomic E-state index is -4.49. The Balaban J connectivity index is 1.86. The lowest BCUT2D eigenvalue weighted by molar-refractivity contribution is -0.140. The average Bonchev–Trinajstić information content (AvgIpc) is 3.10. The summed E-state index contributed by atoms with van der Waals surface area (Å²) in [7, 11) is -1.71. The highest BCUT2D eigenvalue weighted by Gasteiger charge is 2.36. The third kappa shape index (κ3) is 9.23. The van der Waals surface area contributed by atoms with Crippen molar-refractivity contribution in [3.05, 3.63) is 118 Å². The number of hydrogen-bond acceptors (Lipinski definition) is 6. The van der Waals surface area contributed by atoms with Crippen LogP contribution in [-0.4, -0.2) is 58.0 Å². The van der Waals surface area contributed by atoms with Gasteiger partial charge >= 0.3 is 0 Å². The van der Waals surface area contributed by atoms with Crippen molar-refractivity contribution in [3.63, 3.8) is 0 Å². The molecule has 0 aliphatic rings. The molecule has 13 heteroatoms. The number of halogens is 3. The molecule has 0 unspecified atom stereocenters. The standard InChI is InChI=1S/C36H38Cl2FN3O6S/c1-5-24(2)40-36(44)32(20-25-10-7-6-8-11-25)41(22-29-30(37)12-9-13-31(29)38)35(43)23-42(27-16-14-26(39)15-17-27)49(45,46)28-18-19-33(47-3)34(21-28)48-4/h6-19,21,24,32H,5,20,22-23H2,1-4H3,(H,40,44)/t24-,32+/m1/s1. The molecule has 0 spiro atoms. The number of nitrogens with zero attached hydrogens (tertiary/aromatic N) is 2. The number of carbonyl (C=O) groups excluding carboxylic acids is 2. The SMILES string of the molecule is CC[C@@H](C)NC(=O)[C@H](Cc1ccccc1)N(Cc1c(Cl)cccc1Cl)C(=O)CN(c1ccc(F)cc1)S(=O)(=O)c1ccc(OC)c(OC)c1. The van der Waals surface area contributed by atoms with Gasteiger partial charge in [0.1, 0.15) is 18.4 Å². The van der Waals surface area contributed by atoms with E-state index in [1.165, 1.54) is 49.5 Å². The molecule has 0 saturated carbocycles. The normalized spacial score (nSPS) is 12.5. The molecule has 260 valence electrons. The van der Waals surface area contributed by atoms with E-state index in [4.69, 9.17) is 32.7 Å². The molecule has 0 fully saturated rings. The van der Waals surface area contributed by atoms with Crippen LogP contribution in [0.15, 0.2) is 95.9 Å². The van der Waals surface area contributed by atoms with E-state index < -0.39 is 40.2 Å². The topological polar surface area (TPSA) is 105 Å². The van der Waals surface area contributed by atoms with Crippen molar-refractivity contribution in [1.29, 1.82) is 0 Å². The van der Waals surface area contributed by atoms with Crippen LogP contribution in [0.2, 0.25) is 10.0 Å². The average molecular weight is 731 g/mol. The molecule has 0 heterocycles. The van der Waals surface area contributed by atoms with Gasteiger partial charge in [0, 0.05) is 40.7 Å². The first kappa shape index (κ1) is 37.5. The maximum atomic E-state index is 14.6. The zero-order valence-electron chi connectivity index (χ0n) is 27.5. The first-order valence-electron chi connectivity index (χ1n) is 15.5. The molecule has 9 nitrogen and oxygen atoms in total. The highest BCUT2D eigenvalue weighted by atomic mass is 35.5. The van der Waals surface area contributed by atoms with Gasteiger partial charge in [0.05, 0.1) is 24.8 Å². The van der Waals surface area contributed by atoms with Gasteiger partial charge in [-0.15, -0.1) is 0 Å². The lowest BCUT2D eigenvalue weighted by Crippen LogP contribution is -2.54. The predicted octanol–water partition coefficient (Wildman–Crippen LogP) is 6.90. The first-order valence-corrected chi connectivity index (χ1v) is 17.7. The zero-order valence-corrected chi connectivity index (χ0v) is 29.9. The molecule has 0 aliphatic carbocycles. The molecule has 4 aromatic rings. The lowest BCUT2D eigenvalue weighted by atomic mass is 10.0. The largest absolute Gasteiger partial charge is 0.493 e. The summed E-state index contributed by atoms with van der Waals surface area (Å²) in [4.78, 5) is 29.7. The number of ether oxygens (including phenoxy) is 2. The molecular formula is C36H38Cl2FN3O6S. The van der Waals surface area contributed by atoms with Crippen LogP contribution < -0.4 is 19.1 Å². The Labute approximate surface area is 296 Å². The second-order valence-electron chi connectivity index (χ2n) is 11.3. The van der Waals surface area contributed by atoms with Gasteiger partial charge in [-0.3, -0.25) is 13.9 Å². The van der Waals surface area contributed by atoms with Crippen LogP contribution in [-0.2, 0) is 32.6 Å². The van der Waals surface area contributed by atoms with Gasteiger partial charge in [-0.25, -0.2) is 12.8 Å². The van der Waals surface area contributed by atoms with Gasteiger partial charge in [-0.2, -0.15) is 0 Å². The van der Waals surface area contributed by atoms with Crippen molar-refractivity contribution < 1.29 is 31.9 Å². The van der Waals surface area contributed by atoms with Crippen LogP contribution >= 0.6 is 23.2 Å². The van der Waals surface area contributed by atoms with Crippen molar-refractivity contribution in [1.82, 2.24) is 10.2 Å². The Bertz CT molecular complexity index is 1840. The minimum Gasteiger partial charge on any atom is -0.493 e. The minimum absolute atomic E-state index is 0.0175. The van der Waals surface area contributed by atoms with Gasteiger partial charge in [-0.1, -0.05) is 66.5 Å². The van der Waals surface area contributed by atoms with Crippen molar-refractivity contribution in [3.8, 4) is 11.5 Å². The molecular weight excluding hydrogens is 692 g/mol. The van der Waals surface area contributed by atoms with E-state index in [1.807, 2.05) is 44.2 Å². The third-order valence-corrected chi connectivity index (χ3v) is 10.5. The summed E-state index contributed by atoms with van der Waals surface area (Å²) in [5.41, 5.74) is 1.16. The molecule has 2 atom stereocenters. The Morgan fingerprint density at radius 3 is 2.10 bits per heavy atom. The van der Waals surface area contributed by atoms with Gasteiger partial charge in [0.25, 0.3) is 10.0 Å². The van der Waals surface area contributed by atoms with Crippen molar-refractivity contribution in [2.24, 2.45) is 0 Å². The summed E-state index contributed by atoms with van der Waals surface area (Å²) in [6.07, 6.45) is 0.742. The van der Waals surface area contributed by atoms with Gasteiger partial charge in [0.2, 0.25) is 11.8 Å². The van der Waals surface area contributed by atoms with Crippen molar-refractivity contribution in [2.75, 3.05) is 25.1 Å². The quantitative estimate of drug-likeness (QED) is 0.143. The fourth-order valence-corrected chi connectivity index (χ4v) is 7.04. The summed E-state index contributed by atoms with van der Waals surface area (Å²) < 4.78 is 54.2. The Morgan fingerprint density at radius 2 is 1.51 bits per heavy atom. The number of anilines is 1. The highest BCUT2D eigenvalue weighted by molar-refractivity contribution is 7.92. The molecule has 0 radical (unpaired) electrons. The fraction of sp³-hybridized carbons (Fsp3) is 0.278. The van der Waals surface area contributed by atoms with E-state index in [0.717, 1.165) is 22.0 Å². The maximum absolute atomic E-state index is 14.6.